The number of hydrogen-bond donors (Lipinski definition) is 0. The molecule has 0 amide bonds. The van der Waals surface area contributed by atoms with Crippen molar-refractivity contribution < 1.29 is 4.79 Å². The number of Topliss-reactive ketones (excluding diaryl/α,β-unsaturated/α-hetero) is 1. The van der Waals surface area contributed by atoms with Crippen molar-refractivity contribution in [2.75, 3.05) is 0 Å². The van der Waals surface area contributed by atoms with E-state index in [1.807, 2.05) is 24.3 Å². The van der Waals surface area contributed by atoms with Crippen LogP contribution < -0.4 is 0 Å². The van der Waals surface area contributed by atoms with Crippen molar-refractivity contribution in [1.82, 2.24) is 0 Å². The molecule has 1 atom stereocenters. The molecular weight excluding hydrogens is 244 g/mol. The van der Waals surface area contributed by atoms with Crippen molar-refractivity contribution in [1.29, 1.82) is 0 Å². The van der Waals surface area contributed by atoms with Crippen LogP contribution in [-0.2, 0) is 4.79 Å². The molecule has 100 valence electrons. The summed E-state index contributed by atoms with van der Waals surface area (Å²) in [7, 11) is 0. The third kappa shape index (κ3) is 2.72. The quantitative estimate of drug-likeness (QED) is 0.722. The number of hydrogen-bond acceptors (Lipinski definition) is 1. The number of carbonyl (C=O) groups excluding carboxylic acids is 1. The highest BCUT2D eigenvalue weighted by atomic mass is 16.1. The summed E-state index contributed by atoms with van der Waals surface area (Å²) < 4.78 is 0. The fourth-order valence-electron chi connectivity index (χ4n) is 2.90. The molecule has 0 aromatic heterocycles. The molecule has 2 aromatic rings. The van der Waals surface area contributed by atoms with Crippen molar-refractivity contribution >= 4 is 11.9 Å². The second kappa shape index (κ2) is 5.87. The number of carbonyl (C=O) groups is 1. The lowest BCUT2D eigenvalue weighted by molar-refractivity contribution is -0.116. The first-order chi connectivity index (χ1) is 9.84. The van der Waals surface area contributed by atoms with Gasteiger partial charge in [0.05, 0.1) is 0 Å². The summed E-state index contributed by atoms with van der Waals surface area (Å²) in [6.45, 7) is 0. The van der Waals surface area contributed by atoms with E-state index >= 15 is 0 Å². The maximum atomic E-state index is 12.3. The van der Waals surface area contributed by atoms with Gasteiger partial charge in [-0.25, -0.2) is 0 Å². The van der Waals surface area contributed by atoms with E-state index in [0.717, 1.165) is 24.0 Å². The fourth-order valence-corrected chi connectivity index (χ4v) is 2.90. The summed E-state index contributed by atoms with van der Waals surface area (Å²) in [6.07, 6.45) is 4.81. The molecule has 0 heterocycles. The van der Waals surface area contributed by atoms with Crippen LogP contribution in [0.15, 0.2) is 66.2 Å². The van der Waals surface area contributed by atoms with Crippen LogP contribution in [0.25, 0.3) is 6.08 Å². The minimum Gasteiger partial charge on any atom is -0.295 e. The van der Waals surface area contributed by atoms with Crippen molar-refractivity contribution in [3.05, 3.63) is 77.4 Å². The highest BCUT2D eigenvalue weighted by Gasteiger charge is 2.26. The molecule has 3 rings (SSSR count). The van der Waals surface area contributed by atoms with E-state index in [0.29, 0.717) is 12.2 Å². The normalized spacial score (nSPS) is 21.1. The summed E-state index contributed by atoms with van der Waals surface area (Å²) in [4.78, 5) is 12.3. The maximum Gasteiger partial charge on any atom is 0.159 e. The van der Waals surface area contributed by atoms with Crippen LogP contribution in [0.2, 0.25) is 0 Å². The highest BCUT2D eigenvalue weighted by molar-refractivity contribution is 6.01. The number of benzene rings is 2. The van der Waals surface area contributed by atoms with Crippen molar-refractivity contribution in [3.8, 4) is 0 Å². The van der Waals surface area contributed by atoms with Crippen LogP contribution in [0.5, 0.6) is 0 Å². The second-order valence-corrected chi connectivity index (χ2v) is 5.29. The third-order valence-electron chi connectivity index (χ3n) is 3.92. The zero-order valence-electron chi connectivity index (χ0n) is 11.5. The van der Waals surface area contributed by atoms with Crippen LogP contribution in [0, 0.1) is 0 Å². The predicted molar refractivity (Wildman–Crippen MR) is 82.5 cm³/mol. The number of ketones is 1. The van der Waals surface area contributed by atoms with Crippen LogP contribution >= 0.6 is 0 Å². The van der Waals surface area contributed by atoms with Crippen LogP contribution in [0.4, 0.5) is 0 Å². The van der Waals surface area contributed by atoms with E-state index in [1.165, 1.54) is 5.56 Å². The van der Waals surface area contributed by atoms with Crippen molar-refractivity contribution in [2.45, 2.75) is 25.2 Å². The largest absolute Gasteiger partial charge is 0.295 e. The van der Waals surface area contributed by atoms with Gasteiger partial charge in [0.15, 0.2) is 5.78 Å². The minimum atomic E-state index is 0.248. The molecule has 0 radical (unpaired) electrons. The van der Waals surface area contributed by atoms with Gasteiger partial charge in [-0.3, -0.25) is 4.79 Å². The summed E-state index contributed by atoms with van der Waals surface area (Å²) in [5.41, 5.74) is 3.33. The Morgan fingerprint density at radius 1 is 0.900 bits per heavy atom. The minimum absolute atomic E-state index is 0.248. The fraction of sp³-hybridized carbons (Fsp3) is 0.211. The highest BCUT2D eigenvalue weighted by Crippen LogP contribution is 2.36. The zero-order valence-corrected chi connectivity index (χ0v) is 11.5. The second-order valence-electron chi connectivity index (χ2n) is 5.29. The Morgan fingerprint density at radius 3 is 2.25 bits per heavy atom. The molecule has 0 aliphatic heterocycles. The van der Waals surface area contributed by atoms with Crippen LogP contribution in [0.1, 0.15) is 36.3 Å². The molecule has 1 aliphatic rings. The molecule has 1 saturated carbocycles. The summed E-state index contributed by atoms with van der Waals surface area (Å²) in [5, 5.41) is 0. The van der Waals surface area contributed by atoms with Gasteiger partial charge in [-0.15, -0.1) is 0 Å². The van der Waals surface area contributed by atoms with E-state index < -0.39 is 0 Å². The van der Waals surface area contributed by atoms with E-state index in [2.05, 4.69) is 42.5 Å². The SMILES string of the molecule is O=C1CCCC(c2ccccc2)/C1=C\c1ccccc1. The first kappa shape index (κ1) is 12.9. The Balaban J connectivity index is 2.00. The number of rotatable bonds is 2. The van der Waals surface area contributed by atoms with Gasteiger partial charge in [-0.1, -0.05) is 60.7 Å². The zero-order chi connectivity index (χ0) is 13.8. The molecular formula is C19H18O. The van der Waals surface area contributed by atoms with Gasteiger partial charge < -0.3 is 0 Å². The first-order valence-electron chi connectivity index (χ1n) is 7.19. The average Bonchev–Trinajstić information content (AvgIpc) is 2.51. The van der Waals surface area contributed by atoms with E-state index in [4.69, 9.17) is 0 Å². The molecule has 1 unspecified atom stereocenters. The maximum absolute atomic E-state index is 12.3. The monoisotopic (exact) mass is 262 g/mol. The van der Waals surface area contributed by atoms with Gasteiger partial charge in [0.1, 0.15) is 0 Å². The topological polar surface area (TPSA) is 17.1 Å². The van der Waals surface area contributed by atoms with E-state index in [-0.39, 0.29) is 5.92 Å². The Morgan fingerprint density at radius 2 is 1.55 bits per heavy atom. The van der Waals surface area contributed by atoms with Gasteiger partial charge in [0.2, 0.25) is 0 Å². The van der Waals surface area contributed by atoms with Crippen LogP contribution in [0.3, 0.4) is 0 Å². The molecule has 1 fully saturated rings. The molecule has 0 saturated heterocycles. The lowest BCUT2D eigenvalue weighted by Crippen LogP contribution is -2.17. The predicted octanol–water partition coefficient (Wildman–Crippen LogP) is 4.61. The van der Waals surface area contributed by atoms with Crippen molar-refractivity contribution in [2.24, 2.45) is 0 Å². The first-order valence-corrected chi connectivity index (χ1v) is 7.19. The summed E-state index contributed by atoms with van der Waals surface area (Å²) >= 11 is 0. The number of allylic oxidation sites excluding steroid dienone is 1. The molecule has 0 N–H and O–H groups in total. The van der Waals surface area contributed by atoms with Gasteiger partial charge in [0.25, 0.3) is 0 Å². The molecule has 20 heavy (non-hydrogen) atoms. The molecule has 0 bridgehead atoms. The smallest absolute Gasteiger partial charge is 0.159 e. The van der Waals surface area contributed by atoms with Crippen molar-refractivity contribution in [3.63, 3.8) is 0 Å². The average molecular weight is 262 g/mol. The summed E-state index contributed by atoms with van der Waals surface area (Å²) in [6, 6.07) is 20.5. The molecule has 1 nitrogen and oxygen atoms in total. The molecule has 2 aromatic carbocycles. The standard InChI is InChI=1S/C19H18O/c20-19-13-7-12-17(16-10-5-2-6-11-16)18(19)14-15-8-3-1-4-9-15/h1-6,8-11,14,17H,7,12-13H2/b18-14+. The Labute approximate surface area is 120 Å². The van der Waals surface area contributed by atoms with Gasteiger partial charge in [0, 0.05) is 17.9 Å². The van der Waals surface area contributed by atoms with Gasteiger partial charge in [-0.05, 0) is 30.0 Å². The lowest BCUT2D eigenvalue weighted by Gasteiger charge is -2.25. The molecule has 1 heteroatoms. The van der Waals surface area contributed by atoms with Gasteiger partial charge in [-0.2, -0.15) is 0 Å². The third-order valence-corrected chi connectivity index (χ3v) is 3.92. The Kier molecular flexibility index (Phi) is 3.78. The molecule has 0 spiro atoms. The molecule has 1 aliphatic carbocycles. The van der Waals surface area contributed by atoms with E-state index in [9.17, 15) is 4.79 Å². The lowest BCUT2D eigenvalue weighted by atomic mass is 9.78. The van der Waals surface area contributed by atoms with Gasteiger partial charge >= 0.3 is 0 Å². The van der Waals surface area contributed by atoms with E-state index in [1.54, 1.807) is 0 Å². The van der Waals surface area contributed by atoms with Crippen LogP contribution in [-0.4, -0.2) is 5.78 Å². The Bertz CT molecular complexity index is 611. The summed E-state index contributed by atoms with van der Waals surface area (Å²) in [5.74, 6) is 0.548. The Hall–Kier alpha value is -2.15.